The number of phosphoric ester groups is 1. The molecule has 1 saturated heterocycles. The van der Waals surface area contributed by atoms with Crippen molar-refractivity contribution in [2.75, 3.05) is 34.0 Å². The molecule has 0 unspecified atom stereocenters. The molecule has 0 saturated carbocycles. The van der Waals surface area contributed by atoms with E-state index in [0.29, 0.717) is 13.2 Å². The molecule has 0 aromatic rings. The van der Waals surface area contributed by atoms with Crippen LogP contribution in [-0.4, -0.2) is 34.0 Å². The predicted molar refractivity (Wildman–Crippen MR) is 43.0 cm³/mol. The topological polar surface area (TPSA) is 63.2 Å². The summed E-state index contributed by atoms with van der Waals surface area (Å²) in [4.78, 5) is 9.28. The van der Waals surface area contributed by atoms with Gasteiger partial charge in [-0.2, -0.15) is 0 Å². The Morgan fingerprint density at radius 2 is 1.85 bits per heavy atom. The van der Waals surface area contributed by atoms with Crippen molar-refractivity contribution in [3.05, 3.63) is 0 Å². The average molecular weight is 212 g/mol. The van der Waals surface area contributed by atoms with E-state index in [-0.39, 0.29) is 12.5 Å². The van der Waals surface area contributed by atoms with Gasteiger partial charge in [0.05, 0.1) is 19.8 Å². The Morgan fingerprint density at radius 3 is 2.31 bits per heavy atom. The Bertz CT molecular complexity index is 182. The van der Waals surface area contributed by atoms with Gasteiger partial charge >= 0.3 is 7.82 Å². The molecular formula is C6H13O6P. The lowest BCUT2D eigenvalue weighted by Gasteiger charge is -2.14. The number of hydrogen-bond acceptors (Lipinski definition) is 6. The van der Waals surface area contributed by atoms with E-state index in [0.717, 1.165) is 0 Å². The second kappa shape index (κ2) is 5.05. The normalized spacial score (nSPS) is 19.5. The van der Waals surface area contributed by atoms with Crippen molar-refractivity contribution in [2.45, 2.75) is 0 Å². The molecule has 0 atom stereocenters. The maximum atomic E-state index is 11.4. The highest BCUT2D eigenvalue weighted by Crippen LogP contribution is 2.47. The van der Waals surface area contributed by atoms with Gasteiger partial charge in [-0.25, -0.2) is 14.3 Å². The van der Waals surface area contributed by atoms with Gasteiger partial charge in [-0.05, 0) is 0 Å². The van der Waals surface area contributed by atoms with Gasteiger partial charge in [0, 0.05) is 20.1 Å². The van der Waals surface area contributed by atoms with Crippen LogP contribution in [0.4, 0.5) is 0 Å². The summed E-state index contributed by atoms with van der Waals surface area (Å²) in [6.07, 6.45) is 0. The molecule has 1 fully saturated rings. The highest BCUT2D eigenvalue weighted by atomic mass is 31.2. The van der Waals surface area contributed by atoms with Gasteiger partial charge in [0.1, 0.15) is 0 Å². The molecule has 0 spiro atoms. The standard InChI is InChI=1S/C6H13O6P/c1-8-13(7,9-2)12-5-6-3-10-11-4-6/h6H,3-5H2,1-2H3. The van der Waals surface area contributed by atoms with E-state index in [4.69, 9.17) is 4.52 Å². The average Bonchev–Trinajstić information content (AvgIpc) is 2.67. The van der Waals surface area contributed by atoms with Gasteiger partial charge in [0.15, 0.2) is 0 Å². The summed E-state index contributed by atoms with van der Waals surface area (Å²) in [5.74, 6) is 0.0821. The Kier molecular flexibility index (Phi) is 4.31. The number of phosphoric acid groups is 1. The quantitative estimate of drug-likeness (QED) is 0.500. The van der Waals surface area contributed by atoms with Gasteiger partial charge in [-0.1, -0.05) is 0 Å². The summed E-state index contributed by atoms with van der Waals surface area (Å²) in [5, 5.41) is 0. The zero-order valence-electron chi connectivity index (χ0n) is 7.60. The van der Waals surface area contributed by atoms with Crippen molar-refractivity contribution in [1.82, 2.24) is 0 Å². The van der Waals surface area contributed by atoms with E-state index in [1.807, 2.05) is 0 Å². The minimum absolute atomic E-state index is 0.0821. The Balaban J connectivity index is 2.27. The van der Waals surface area contributed by atoms with Gasteiger partial charge in [-0.3, -0.25) is 13.6 Å². The molecule has 0 aliphatic carbocycles. The summed E-state index contributed by atoms with van der Waals surface area (Å²) in [6.45, 7) is 1.11. The van der Waals surface area contributed by atoms with E-state index < -0.39 is 7.82 Å². The summed E-state index contributed by atoms with van der Waals surface area (Å²) in [6, 6.07) is 0. The summed E-state index contributed by atoms with van der Waals surface area (Å²) >= 11 is 0. The minimum atomic E-state index is -3.34. The van der Waals surface area contributed by atoms with Crippen molar-refractivity contribution < 1.29 is 27.9 Å². The van der Waals surface area contributed by atoms with Crippen molar-refractivity contribution >= 4 is 7.82 Å². The first kappa shape index (κ1) is 11.1. The molecule has 6 nitrogen and oxygen atoms in total. The van der Waals surface area contributed by atoms with E-state index in [9.17, 15) is 4.57 Å². The molecule has 78 valence electrons. The highest BCUT2D eigenvalue weighted by molar-refractivity contribution is 7.48. The van der Waals surface area contributed by atoms with Crippen LogP contribution < -0.4 is 0 Å². The smallest absolute Gasteiger partial charge is 0.290 e. The van der Waals surface area contributed by atoms with E-state index in [2.05, 4.69) is 18.8 Å². The first-order chi connectivity index (χ1) is 6.20. The maximum absolute atomic E-state index is 11.4. The maximum Gasteiger partial charge on any atom is 0.474 e. The third kappa shape index (κ3) is 3.34. The minimum Gasteiger partial charge on any atom is -0.290 e. The molecular weight excluding hydrogens is 199 g/mol. The molecule has 1 rings (SSSR count). The zero-order chi connectivity index (χ0) is 9.73. The van der Waals surface area contributed by atoms with Gasteiger partial charge in [0.2, 0.25) is 0 Å². The van der Waals surface area contributed by atoms with Crippen LogP contribution in [-0.2, 0) is 27.9 Å². The molecule has 1 aliphatic heterocycles. The fourth-order valence-electron chi connectivity index (χ4n) is 0.810. The molecule has 0 aromatic carbocycles. The van der Waals surface area contributed by atoms with Crippen LogP contribution in [0.5, 0.6) is 0 Å². The first-order valence-corrected chi connectivity index (χ1v) is 5.26. The lowest BCUT2D eigenvalue weighted by Crippen LogP contribution is -2.12. The van der Waals surface area contributed by atoms with Crippen LogP contribution in [0.1, 0.15) is 0 Å². The Labute approximate surface area is 76.6 Å². The second-order valence-electron chi connectivity index (χ2n) is 2.54. The van der Waals surface area contributed by atoms with Crippen molar-refractivity contribution in [3.8, 4) is 0 Å². The predicted octanol–water partition coefficient (Wildman–Crippen LogP) is 0.982. The third-order valence-electron chi connectivity index (χ3n) is 1.61. The third-order valence-corrected chi connectivity index (χ3v) is 2.97. The van der Waals surface area contributed by atoms with Crippen LogP contribution >= 0.6 is 7.82 Å². The molecule has 0 radical (unpaired) electrons. The van der Waals surface area contributed by atoms with Crippen molar-refractivity contribution in [1.29, 1.82) is 0 Å². The molecule has 0 aromatic heterocycles. The molecule has 1 heterocycles. The lowest BCUT2D eigenvalue weighted by molar-refractivity contribution is -0.248. The highest BCUT2D eigenvalue weighted by Gasteiger charge is 2.26. The molecule has 1 aliphatic rings. The summed E-state index contributed by atoms with van der Waals surface area (Å²) in [5.41, 5.74) is 0. The Morgan fingerprint density at radius 1 is 1.31 bits per heavy atom. The monoisotopic (exact) mass is 212 g/mol. The summed E-state index contributed by atoms with van der Waals surface area (Å²) in [7, 11) is -0.805. The molecule has 0 N–H and O–H groups in total. The molecule has 0 amide bonds. The van der Waals surface area contributed by atoms with Crippen LogP contribution in [0.2, 0.25) is 0 Å². The molecule has 7 heteroatoms. The summed E-state index contributed by atoms with van der Waals surface area (Å²) < 4.78 is 25.5. The van der Waals surface area contributed by atoms with Crippen LogP contribution in [0.25, 0.3) is 0 Å². The van der Waals surface area contributed by atoms with E-state index in [1.165, 1.54) is 14.2 Å². The van der Waals surface area contributed by atoms with Crippen LogP contribution in [0, 0.1) is 5.92 Å². The molecule has 0 bridgehead atoms. The van der Waals surface area contributed by atoms with Gasteiger partial charge in [-0.15, -0.1) is 0 Å². The van der Waals surface area contributed by atoms with Crippen molar-refractivity contribution in [2.24, 2.45) is 5.92 Å². The van der Waals surface area contributed by atoms with Gasteiger partial charge in [0.25, 0.3) is 0 Å². The molecule has 13 heavy (non-hydrogen) atoms. The lowest BCUT2D eigenvalue weighted by atomic mass is 10.2. The van der Waals surface area contributed by atoms with E-state index in [1.54, 1.807) is 0 Å². The van der Waals surface area contributed by atoms with Crippen LogP contribution in [0.3, 0.4) is 0 Å². The van der Waals surface area contributed by atoms with E-state index >= 15 is 0 Å². The fourth-order valence-corrected chi connectivity index (χ4v) is 1.56. The zero-order valence-corrected chi connectivity index (χ0v) is 8.49. The second-order valence-corrected chi connectivity index (χ2v) is 4.43. The SMILES string of the molecule is COP(=O)(OC)OCC1COOC1. The Hall–Kier alpha value is 0.0300. The fraction of sp³-hybridized carbons (Fsp3) is 1.00. The number of hydrogen-bond donors (Lipinski definition) is 0. The van der Waals surface area contributed by atoms with Crippen LogP contribution in [0.15, 0.2) is 0 Å². The number of rotatable bonds is 5. The van der Waals surface area contributed by atoms with Crippen molar-refractivity contribution in [3.63, 3.8) is 0 Å². The first-order valence-electron chi connectivity index (χ1n) is 3.80. The van der Waals surface area contributed by atoms with Gasteiger partial charge < -0.3 is 0 Å². The largest absolute Gasteiger partial charge is 0.474 e.